The molecule has 2 aromatic rings. The molecule has 0 saturated heterocycles. The van der Waals surface area contributed by atoms with Crippen LogP contribution in [0, 0.1) is 20.8 Å². The van der Waals surface area contributed by atoms with Crippen molar-refractivity contribution in [2.45, 2.75) is 31.4 Å². The van der Waals surface area contributed by atoms with Gasteiger partial charge in [0.05, 0.1) is 10.5 Å². The number of aromatic nitrogens is 1. The lowest BCUT2D eigenvalue weighted by molar-refractivity contribution is 0.0696. The monoisotopic (exact) mass is 325 g/mol. The molecule has 0 unspecified atom stereocenters. The SMILES string of the molecule is Cc1csc(CS(=O)(=O)c2cc(C(=O)O)cc(C)c2C)n1. The van der Waals surface area contributed by atoms with Crippen LogP contribution in [0.15, 0.2) is 22.4 Å². The van der Waals surface area contributed by atoms with Crippen LogP contribution in [0.25, 0.3) is 0 Å². The summed E-state index contributed by atoms with van der Waals surface area (Å²) in [6.45, 7) is 5.18. The predicted octanol–water partition coefficient (Wildman–Crippen LogP) is 2.74. The smallest absolute Gasteiger partial charge is 0.335 e. The van der Waals surface area contributed by atoms with Gasteiger partial charge in [-0.05, 0) is 44.0 Å². The Morgan fingerprint density at radius 1 is 1.29 bits per heavy atom. The fourth-order valence-corrected chi connectivity index (χ4v) is 4.76. The highest BCUT2D eigenvalue weighted by atomic mass is 32.2. The van der Waals surface area contributed by atoms with Crippen LogP contribution in [0.2, 0.25) is 0 Å². The fourth-order valence-electron chi connectivity index (χ4n) is 1.98. The average Bonchev–Trinajstić information content (AvgIpc) is 2.76. The van der Waals surface area contributed by atoms with Crippen molar-refractivity contribution in [3.8, 4) is 0 Å². The maximum absolute atomic E-state index is 12.5. The van der Waals surface area contributed by atoms with Crippen molar-refractivity contribution in [1.82, 2.24) is 4.98 Å². The molecule has 0 bridgehead atoms. The Labute approximate surface area is 127 Å². The fraction of sp³-hybridized carbons (Fsp3) is 0.286. The van der Waals surface area contributed by atoms with E-state index in [1.54, 1.807) is 26.2 Å². The van der Waals surface area contributed by atoms with Gasteiger partial charge in [-0.15, -0.1) is 11.3 Å². The first-order chi connectivity index (χ1) is 9.70. The Balaban J connectivity index is 2.51. The van der Waals surface area contributed by atoms with Crippen LogP contribution in [-0.2, 0) is 15.6 Å². The first kappa shape index (κ1) is 15.7. The number of carboxylic acids is 1. The lowest BCUT2D eigenvalue weighted by atomic mass is 10.1. The second-order valence-corrected chi connectivity index (χ2v) is 7.76. The van der Waals surface area contributed by atoms with Gasteiger partial charge in [0, 0.05) is 11.1 Å². The van der Waals surface area contributed by atoms with Crippen LogP contribution in [0.5, 0.6) is 0 Å². The quantitative estimate of drug-likeness (QED) is 0.934. The van der Waals surface area contributed by atoms with E-state index in [4.69, 9.17) is 5.11 Å². The van der Waals surface area contributed by atoms with Gasteiger partial charge in [0.2, 0.25) is 0 Å². The van der Waals surface area contributed by atoms with Gasteiger partial charge < -0.3 is 5.11 Å². The van der Waals surface area contributed by atoms with E-state index in [0.29, 0.717) is 16.1 Å². The number of nitrogens with zero attached hydrogens (tertiary/aromatic N) is 1. The number of aromatic carboxylic acids is 1. The molecule has 0 saturated carbocycles. The van der Waals surface area contributed by atoms with Gasteiger partial charge >= 0.3 is 5.97 Å². The van der Waals surface area contributed by atoms with Gasteiger partial charge in [0.1, 0.15) is 10.8 Å². The molecule has 0 spiro atoms. The summed E-state index contributed by atoms with van der Waals surface area (Å²) < 4.78 is 25.1. The molecule has 5 nitrogen and oxygen atoms in total. The number of sulfone groups is 1. The number of hydrogen-bond acceptors (Lipinski definition) is 5. The summed E-state index contributed by atoms with van der Waals surface area (Å²) in [5, 5.41) is 11.4. The molecule has 0 aliphatic rings. The molecule has 0 aliphatic heterocycles. The Morgan fingerprint density at radius 3 is 2.48 bits per heavy atom. The number of hydrogen-bond donors (Lipinski definition) is 1. The molecule has 0 atom stereocenters. The summed E-state index contributed by atoms with van der Waals surface area (Å²) in [4.78, 5) is 15.3. The maximum Gasteiger partial charge on any atom is 0.335 e. The lowest BCUT2D eigenvalue weighted by Gasteiger charge is -2.10. The van der Waals surface area contributed by atoms with E-state index < -0.39 is 15.8 Å². The zero-order chi connectivity index (χ0) is 15.8. The van der Waals surface area contributed by atoms with Gasteiger partial charge in [-0.25, -0.2) is 18.2 Å². The van der Waals surface area contributed by atoms with Gasteiger partial charge in [-0.3, -0.25) is 0 Å². The number of benzene rings is 1. The highest BCUT2D eigenvalue weighted by Crippen LogP contribution is 2.25. The molecular formula is C14H15NO4S2. The molecule has 7 heteroatoms. The average molecular weight is 325 g/mol. The Bertz CT molecular complexity index is 806. The van der Waals surface area contributed by atoms with Crippen molar-refractivity contribution >= 4 is 27.1 Å². The first-order valence-electron chi connectivity index (χ1n) is 6.19. The first-order valence-corrected chi connectivity index (χ1v) is 8.72. The Hall–Kier alpha value is -1.73. The van der Waals surface area contributed by atoms with Gasteiger partial charge in [0.25, 0.3) is 0 Å². The minimum absolute atomic E-state index is 0.0213. The van der Waals surface area contributed by atoms with Crippen molar-refractivity contribution < 1.29 is 18.3 Å². The molecule has 2 rings (SSSR count). The van der Waals surface area contributed by atoms with E-state index in [1.165, 1.54) is 23.5 Å². The van der Waals surface area contributed by atoms with Gasteiger partial charge in [0.15, 0.2) is 9.84 Å². The van der Waals surface area contributed by atoms with Crippen LogP contribution in [-0.4, -0.2) is 24.5 Å². The summed E-state index contributed by atoms with van der Waals surface area (Å²) in [7, 11) is -3.62. The third kappa shape index (κ3) is 3.30. The summed E-state index contributed by atoms with van der Waals surface area (Å²) in [5.41, 5.74) is 1.97. The van der Waals surface area contributed by atoms with Gasteiger partial charge in [-0.2, -0.15) is 0 Å². The summed E-state index contributed by atoms with van der Waals surface area (Å²) in [6.07, 6.45) is 0. The summed E-state index contributed by atoms with van der Waals surface area (Å²) >= 11 is 1.29. The molecule has 0 radical (unpaired) electrons. The molecule has 1 aromatic heterocycles. The number of carboxylic acid groups (broad SMARTS) is 1. The van der Waals surface area contributed by atoms with Crippen LogP contribution in [0.3, 0.4) is 0 Å². The van der Waals surface area contributed by atoms with Crippen molar-refractivity contribution in [1.29, 1.82) is 0 Å². The minimum atomic E-state index is -3.62. The van der Waals surface area contributed by atoms with Crippen LogP contribution < -0.4 is 0 Å². The van der Waals surface area contributed by atoms with Crippen LogP contribution in [0.1, 0.15) is 32.2 Å². The normalized spacial score (nSPS) is 11.6. The zero-order valence-corrected chi connectivity index (χ0v) is 13.5. The second-order valence-electron chi connectivity index (χ2n) is 4.86. The van der Waals surface area contributed by atoms with E-state index in [9.17, 15) is 13.2 Å². The molecule has 1 aromatic carbocycles. The van der Waals surface area contributed by atoms with Crippen molar-refractivity contribution in [3.63, 3.8) is 0 Å². The standard InChI is InChI=1S/C14H15NO4S2/c1-8-4-11(14(16)17)5-12(10(8)3)21(18,19)7-13-15-9(2)6-20-13/h4-6H,7H2,1-3H3,(H,16,17). The van der Waals surface area contributed by atoms with E-state index in [2.05, 4.69) is 4.98 Å². The largest absolute Gasteiger partial charge is 0.478 e. The lowest BCUT2D eigenvalue weighted by Crippen LogP contribution is -2.10. The highest BCUT2D eigenvalue weighted by molar-refractivity contribution is 7.90. The minimum Gasteiger partial charge on any atom is -0.478 e. The molecule has 0 fully saturated rings. The Kier molecular flexibility index (Phi) is 4.15. The molecule has 0 aliphatic carbocycles. The van der Waals surface area contributed by atoms with E-state index >= 15 is 0 Å². The van der Waals surface area contributed by atoms with Crippen molar-refractivity contribution in [2.75, 3.05) is 0 Å². The third-order valence-corrected chi connectivity index (χ3v) is 6.08. The van der Waals surface area contributed by atoms with E-state index in [0.717, 1.165) is 5.69 Å². The van der Waals surface area contributed by atoms with Crippen LogP contribution in [0.4, 0.5) is 0 Å². The van der Waals surface area contributed by atoms with Crippen molar-refractivity contribution in [3.05, 3.63) is 44.9 Å². The van der Waals surface area contributed by atoms with Gasteiger partial charge in [-0.1, -0.05) is 0 Å². The molecule has 1 N–H and O–H groups in total. The third-order valence-electron chi connectivity index (χ3n) is 3.18. The number of thiazole rings is 1. The molecule has 1 heterocycles. The van der Waals surface area contributed by atoms with Crippen LogP contribution >= 0.6 is 11.3 Å². The molecule has 0 amide bonds. The summed E-state index contributed by atoms with van der Waals surface area (Å²) in [5.74, 6) is -1.35. The number of carbonyl (C=O) groups is 1. The number of aryl methyl sites for hydroxylation is 2. The topological polar surface area (TPSA) is 84.3 Å². The molecule has 21 heavy (non-hydrogen) atoms. The van der Waals surface area contributed by atoms with Crippen molar-refractivity contribution in [2.24, 2.45) is 0 Å². The molecular weight excluding hydrogens is 310 g/mol. The van der Waals surface area contributed by atoms with E-state index in [1.807, 2.05) is 0 Å². The number of rotatable bonds is 4. The van der Waals surface area contributed by atoms with E-state index in [-0.39, 0.29) is 16.2 Å². The predicted molar refractivity (Wildman–Crippen MR) is 80.6 cm³/mol. The highest BCUT2D eigenvalue weighted by Gasteiger charge is 2.22. The maximum atomic E-state index is 12.5. The second kappa shape index (κ2) is 5.57. The molecule has 112 valence electrons. The summed E-state index contributed by atoms with van der Waals surface area (Å²) in [6, 6.07) is 2.70. The zero-order valence-electron chi connectivity index (χ0n) is 11.9. The Morgan fingerprint density at radius 2 is 1.95 bits per heavy atom.